The second kappa shape index (κ2) is 5.96. The smallest absolute Gasteiger partial charge is 0.409 e. The van der Waals surface area contributed by atoms with Gasteiger partial charge in [-0.25, -0.2) is 9.78 Å². The van der Waals surface area contributed by atoms with Crippen LogP contribution in [0.4, 0.5) is 10.5 Å². The van der Waals surface area contributed by atoms with Gasteiger partial charge in [0.15, 0.2) is 0 Å². The van der Waals surface area contributed by atoms with Gasteiger partial charge < -0.3 is 15.0 Å². The van der Waals surface area contributed by atoms with Crippen LogP contribution in [0.15, 0.2) is 37.2 Å². The van der Waals surface area contributed by atoms with Crippen molar-refractivity contribution in [2.24, 2.45) is 0 Å². The van der Waals surface area contributed by atoms with Crippen molar-refractivity contribution in [2.45, 2.75) is 6.42 Å². The second-order valence-corrected chi connectivity index (χ2v) is 5.22. The van der Waals surface area contributed by atoms with Crippen LogP contribution in [0.2, 0.25) is 0 Å². The first kappa shape index (κ1) is 14.8. The molecule has 3 N–H and O–H groups in total. The van der Waals surface area contributed by atoms with Gasteiger partial charge in [0.2, 0.25) is 5.91 Å². The Bertz CT molecular complexity index is 822. The maximum atomic E-state index is 11.6. The van der Waals surface area contributed by atoms with Gasteiger partial charge in [0.05, 0.1) is 11.9 Å². The fourth-order valence-electron chi connectivity index (χ4n) is 2.70. The van der Waals surface area contributed by atoms with E-state index in [9.17, 15) is 9.59 Å². The molecule has 0 unspecified atom stereocenters. The quantitative estimate of drug-likeness (QED) is 0.758. The summed E-state index contributed by atoms with van der Waals surface area (Å²) in [4.78, 5) is 31.4. The molecule has 0 atom stereocenters. The van der Waals surface area contributed by atoms with Crippen molar-refractivity contribution in [3.8, 4) is 0 Å². The molecular formula is C16H16N4O3. The summed E-state index contributed by atoms with van der Waals surface area (Å²) >= 11 is 0. The summed E-state index contributed by atoms with van der Waals surface area (Å²) in [6.45, 7) is 4.66. The van der Waals surface area contributed by atoms with Crippen molar-refractivity contribution in [1.82, 2.24) is 14.9 Å². The summed E-state index contributed by atoms with van der Waals surface area (Å²) in [5.74, 6) is -0.0752. The number of nitrogens with zero attached hydrogens (tertiary/aromatic N) is 2. The number of amides is 2. The Morgan fingerprint density at radius 1 is 1.48 bits per heavy atom. The van der Waals surface area contributed by atoms with E-state index in [2.05, 4.69) is 21.9 Å². The third kappa shape index (κ3) is 2.94. The lowest BCUT2D eigenvalue weighted by Crippen LogP contribution is -2.33. The van der Waals surface area contributed by atoms with E-state index in [-0.39, 0.29) is 5.91 Å². The summed E-state index contributed by atoms with van der Waals surface area (Å²) in [7, 11) is 0. The number of carboxylic acid groups (broad SMARTS) is 1. The Morgan fingerprint density at radius 3 is 2.96 bits per heavy atom. The molecule has 0 bridgehead atoms. The third-order valence-corrected chi connectivity index (χ3v) is 3.82. The van der Waals surface area contributed by atoms with Crippen molar-refractivity contribution in [3.63, 3.8) is 0 Å². The first-order chi connectivity index (χ1) is 11.1. The van der Waals surface area contributed by atoms with E-state index >= 15 is 0 Å². The van der Waals surface area contributed by atoms with E-state index in [1.165, 1.54) is 12.3 Å². The summed E-state index contributed by atoms with van der Waals surface area (Å²) < 4.78 is 0. The van der Waals surface area contributed by atoms with E-state index in [1.54, 1.807) is 11.0 Å². The summed E-state index contributed by atoms with van der Waals surface area (Å²) in [6, 6.07) is 1.75. The lowest BCUT2D eigenvalue weighted by Gasteiger charge is -2.25. The number of H-pyrrole nitrogens is 1. The van der Waals surface area contributed by atoms with Crippen molar-refractivity contribution in [3.05, 3.63) is 42.8 Å². The van der Waals surface area contributed by atoms with Gasteiger partial charge in [-0.15, -0.1) is 0 Å². The van der Waals surface area contributed by atoms with Crippen LogP contribution in [-0.2, 0) is 4.79 Å². The average Bonchev–Trinajstić information content (AvgIpc) is 2.97. The largest absolute Gasteiger partial charge is 0.465 e. The molecule has 3 rings (SSSR count). The van der Waals surface area contributed by atoms with Gasteiger partial charge in [-0.1, -0.05) is 12.7 Å². The molecule has 2 aromatic rings. The number of aromatic nitrogens is 2. The molecule has 0 aliphatic carbocycles. The van der Waals surface area contributed by atoms with Crippen LogP contribution in [0.5, 0.6) is 0 Å². The van der Waals surface area contributed by atoms with E-state index in [0.29, 0.717) is 24.4 Å². The number of rotatable bonds is 3. The summed E-state index contributed by atoms with van der Waals surface area (Å²) in [5, 5.41) is 12.0. The van der Waals surface area contributed by atoms with E-state index in [1.807, 2.05) is 12.3 Å². The Hall–Kier alpha value is -3.09. The minimum Gasteiger partial charge on any atom is -0.465 e. The van der Waals surface area contributed by atoms with Gasteiger partial charge in [-0.05, 0) is 24.1 Å². The minimum atomic E-state index is -1.13. The first-order valence-corrected chi connectivity index (χ1v) is 7.16. The fraction of sp³-hybridized carbons (Fsp3) is 0.188. The van der Waals surface area contributed by atoms with E-state index in [4.69, 9.17) is 5.11 Å². The second-order valence-electron chi connectivity index (χ2n) is 5.22. The number of carbonyl (C=O) groups is 2. The molecule has 7 heteroatoms. The molecule has 2 aromatic heterocycles. The molecule has 0 saturated carbocycles. The van der Waals surface area contributed by atoms with Crippen LogP contribution < -0.4 is 5.32 Å². The van der Waals surface area contributed by atoms with Crippen LogP contribution in [-0.4, -0.2) is 45.1 Å². The van der Waals surface area contributed by atoms with E-state index < -0.39 is 6.09 Å². The first-order valence-electron chi connectivity index (χ1n) is 7.16. The SMILES string of the molecule is C=CC(=O)N1CC=C(c2c[nH]c3ncc(NC(=O)O)cc23)CC1. The Labute approximate surface area is 132 Å². The van der Waals surface area contributed by atoms with Crippen LogP contribution in [0, 0.1) is 0 Å². The zero-order valence-corrected chi connectivity index (χ0v) is 12.4. The molecule has 118 valence electrons. The van der Waals surface area contributed by atoms with Gasteiger partial charge in [0.25, 0.3) is 0 Å². The molecule has 2 amide bonds. The zero-order chi connectivity index (χ0) is 16.4. The normalized spacial score (nSPS) is 14.4. The number of carbonyl (C=O) groups excluding carboxylic acids is 1. The topological polar surface area (TPSA) is 98.3 Å². The van der Waals surface area contributed by atoms with Crippen molar-refractivity contribution in [2.75, 3.05) is 18.4 Å². The summed E-state index contributed by atoms with van der Waals surface area (Å²) in [5.41, 5.74) is 3.21. The van der Waals surface area contributed by atoms with Gasteiger partial charge in [-0.3, -0.25) is 10.1 Å². The number of anilines is 1. The van der Waals surface area contributed by atoms with Crippen LogP contribution in [0.3, 0.4) is 0 Å². The Morgan fingerprint density at radius 2 is 2.30 bits per heavy atom. The van der Waals surface area contributed by atoms with E-state index in [0.717, 1.165) is 22.9 Å². The highest BCUT2D eigenvalue weighted by molar-refractivity contribution is 5.95. The predicted octanol–water partition coefficient (Wildman–Crippen LogP) is 2.45. The molecule has 0 aromatic carbocycles. The van der Waals surface area contributed by atoms with Gasteiger partial charge >= 0.3 is 6.09 Å². The Balaban J connectivity index is 1.91. The van der Waals surface area contributed by atoms with Crippen LogP contribution >= 0.6 is 0 Å². The molecule has 3 heterocycles. The fourth-order valence-corrected chi connectivity index (χ4v) is 2.70. The number of nitrogens with one attached hydrogen (secondary N) is 2. The number of hydrogen-bond donors (Lipinski definition) is 3. The third-order valence-electron chi connectivity index (χ3n) is 3.82. The Kier molecular flexibility index (Phi) is 3.84. The minimum absolute atomic E-state index is 0.0752. The molecule has 0 saturated heterocycles. The maximum absolute atomic E-state index is 11.6. The molecule has 1 aliphatic heterocycles. The number of aromatic amines is 1. The van der Waals surface area contributed by atoms with Gasteiger partial charge in [-0.2, -0.15) is 0 Å². The molecule has 0 spiro atoms. The summed E-state index contributed by atoms with van der Waals surface area (Å²) in [6.07, 6.45) is 6.25. The highest BCUT2D eigenvalue weighted by Gasteiger charge is 2.18. The monoisotopic (exact) mass is 312 g/mol. The van der Waals surface area contributed by atoms with Gasteiger partial charge in [0, 0.05) is 30.2 Å². The standard InChI is InChI=1S/C16H16N4O3/c1-2-14(21)20-5-3-10(4-6-20)13-9-18-15-12(13)7-11(8-17-15)19-16(22)23/h2-3,7-9,19H,1,4-6H2,(H,17,18)(H,22,23). The van der Waals surface area contributed by atoms with Crippen molar-refractivity contribution in [1.29, 1.82) is 0 Å². The number of pyridine rings is 1. The van der Waals surface area contributed by atoms with Crippen LogP contribution in [0.1, 0.15) is 12.0 Å². The highest BCUT2D eigenvalue weighted by Crippen LogP contribution is 2.30. The number of fused-ring (bicyclic) bond motifs is 1. The molecular weight excluding hydrogens is 296 g/mol. The average molecular weight is 312 g/mol. The van der Waals surface area contributed by atoms with Gasteiger partial charge in [0.1, 0.15) is 5.65 Å². The maximum Gasteiger partial charge on any atom is 0.409 e. The predicted molar refractivity (Wildman–Crippen MR) is 87.1 cm³/mol. The lowest BCUT2D eigenvalue weighted by atomic mass is 9.99. The molecule has 0 fully saturated rings. The van der Waals surface area contributed by atoms with Crippen molar-refractivity contribution < 1.29 is 14.7 Å². The molecule has 1 aliphatic rings. The van der Waals surface area contributed by atoms with Crippen LogP contribution in [0.25, 0.3) is 16.6 Å². The zero-order valence-electron chi connectivity index (χ0n) is 12.4. The molecule has 0 radical (unpaired) electrons. The number of hydrogen-bond acceptors (Lipinski definition) is 3. The molecule has 23 heavy (non-hydrogen) atoms. The molecule has 7 nitrogen and oxygen atoms in total. The lowest BCUT2D eigenvalue weighted by molar-refractivity contribution is -0.125. The highest BCUT2D eigenvalue weighted by atomic mass is 16.4. The van der Waals surface area contributed by atoms with Crippen molar-refractivity contribution >= 4 is 34.3 Å².